The summed E-state index contributed by atoms with van der Waals surface area (Å²) in [6, 6.07) is 21.4. The molecule has 106 valence electrons. The summed E-state index contributed by atoms with van der Waals surface area (Å²) < 4.78 is 0. The van der Waals surface area contributed by atoms with Gasteiger partial charge in [-0.05, 0) is 57.6 Å². The van der Waals surface area contributed by atoms with E-state index >= 15 is 0 Å². The molecule has 0 radical (unpaired) electrons. The summed E-state index contributed by atoms with van der Waals surface area (Å²) in [7, 11) is 0. The summed E-state index contributed by atoms with van der Waals surface area (Å²) in [6.07, 6.45) is 0. The molecule has 2 atom stereocenters. The van der Waals surface area contributed by atoms with Gasteiger partial charge in [-0.15, -0.1) is 0 Å². The van der Waals surface area contributed by atoms with Crippen LogP contribution in [0.4, 0.5) is 11.4 Å². The highest BCUT2D eigenvalue weighted by Crippen LogP contribution is 2.56. The van der Waals surface area contributed by atoms with Crippen LogP contribution in [0.15, 0.2) is 60.7 Å². The Kier molecular flexibility index (Phi) is 2.11. The van der Waals surface area contributed by atoms with Crippen LogP contribution in [-0.4, -0.2) is 0 Å². The van der Waals surface area contributed by atoms with Crippen molar-refractivity contribution >= 4 is 11.4 Å². The van der Waals surface area contributed by atoms with E-state index in [1.54, 1.807) is 0 Å². The molecule has 6 rings (SSSR count). The number of anilines is 2. The standard InChI is InChI=1S/C20H16N2/c21-11-6-8-16-17(9-11)19-13-3-1-2-4-14(13)20(16)18-10-12(22)5-7-15(18)19/h1-10,19-20H,21-22H2. The highest BCUT2D eigenvalue weighted by atomic mass is 14.6. The summed E-state index contributed by atoms with van der Waals surface area (Å²) >= 11 is 0. The number of benzene rings is 3. The quantitative estimate of drug-likeness (QED) is 0.424. The lowest BCUT2D eigenvalue weighted by molar-refractivity contribution is 0.755. The van der Waals surface area contributed by atoms with E-state index in [1.807, 2.05) is 12.1 Å². The Bertz CT molecular complexity index is 850. The number of nitrogens with two attached hydrogens (primary N) is 2. The van der Waals surface area contributed by atoms with Gasteiger partial charge in [0.1, 0.15) is 0 Å². The topological polar surface area (TPSA) is 52.0 Å². The fraction of sp³-hybridized carbons (Fsp3) is 0.100. The lowest BCUT2D eigenvalue weighted by Gasteiger charge is -2.42. The van der Waals surface area contributed by atoms with Crippen LogP contribution in [0.1, 0.15) is 45.2 Å². The first kappa shape index (κ1) is 11.9. The molecule has 2 nitrogen and oxygen atoms in total. The second-order valence-corrected chi connectivity index (χ2v) is 6.27. The van der Waals surface area contributed by atoms with Gasteiger partial charge in [-0.2, -0.15) is 0 Å². The van der Waals surface area contributed by atoms with Crippen LogP contribution in [0.5, 0.6) is 0 Å². The molecule has 0 aliphatic heterocycles. The van der Waals surface area contributed by atoms with Crippen LogP contribution < -0.4 is 11.5 Å². The van der Waals surface area contributed by atoms with Crippen molar-refractivity contribution in [2.45, 2.75) is 11.8 Å². The molecule has 0 saturated carbocycles. The minimum Gasteiger partial charge on any atom is -0.399 e. The Balaban J connectivity index is 1.90. The van der Waals surface area contributed by atoms with Crippen LogP contribution in [0.3, 0.4) is 0 Å². The van der Waals surface area contributed by atoms with E-state index in [-0.39, 0.29) is 11.8 Å². The van der Waals surface area contributed by atoms with Crippen molar-refractivity contribution in [3.63, 3.8) is 0 Å². The molecule has 2 heteroatoms. The number of nitrogen functional groups attached to an aromatic ring is 2. The minimum atomic E-state index is 0.273. The van der Waals surface area contributed by atoms with Crippen molar-refractivity contribution in [2.24, 2.45) is 0 Å². The second-order valence-electron chi connectivity index (χ2n) is 6.27. The number of rotatable bonds is 0. The smallest absolute Gasteiger partial charge is 0.0350 e. The highest BCUT2D eigenvalue weighted by molar-refractivity contribution is 5.71. The third kappa shape index (κ3) is 1.34. The lowest BCUT2D eigenvalue weighted by atomic mass is 9.61. The Morgan fingerprint density at radius 2 is 0.909 bits per heavy atom. The van der Waals surface area contributed by atoms with Crippen molar-refractivity contribution < 1.29 is 0 Å². The van der Waals surface area contributed by atoms with Crippen LogP contribution in [-0.2, 0) is 0 Å². The highest BCUT2D eigenvalue weighted by Gasteiger charge is 2.40. The van der Waals surface area contributed by atoms with Crippen molar-refractivity contribution in [2.75, 3.05) is 11.5 Å². The molecule has 0 amide bonds. The molecule has 0 fully saturated rings. The molecule has 4 N–H and O–H groups in total. The summed E-state index contributed by atoms with van der Waals surface area (Å²) in [6.45, 7) is 0. The third-order valence-corrected chi connectivity index (χ3v) is 5.08. The van der Waals surface area contributed by atoms with E-state index in [1.165, 1.54) is 33.4 Å². The van der Waals surface area contributed by atoms with Crippen molar-refractivity contribution in [1.29, 1.82) is 0 Å². The van der Waals surface area contributed by atoms with Gasteiger partial charge in [0.25, 0.3) is 0 Å². The zero-order chi connectivity index (χ0) is 14.8. The fourth-order valence-corrected chi connectivity index (χ4v) is 4.25. The average molecular weight is 284 g/mol. The molecular weight excluding hydrogens is 268 g/mol. The first-order valence-electron chi connectivity index (χ1n) is 7.61. The molecule has 2 unspecified atom stereocenters. The first-order chi connectivity index (χ1) is 10.7. The van der Waals surface area contributed by atoms with Gasteiger partial charge in [-0.3, -0.25) is 0 Å². The monoisotopic (exact) mass is 284 g/mol. The zero-order valence-electron chi connectivity index (χ0n) is 12.1. The maximum atomic E-state index is 6.06. The van der Waals surface area contributed by atoms with Crippen molar-refractivity contribution in [3.8, 4) is 0 Å². The molecule has 3 aromatic rings. The van der Waals surface area contributed by atoms with Gasteiger partial charge >= 0.3 is 0 Å². The Morgan fingerprint density at radius 3 is 1.36 bits per heavy atom. The Labute approximate surface area is 129 Å². The van der Waals surface area contributed by atoms with Gasteiger partial charge in [0, 0.05) is 23.2 Å². The van der Waals surface area contributed by atoms with E-state index in [0.29, 0.717) is 0 Å². The molecule has 3 aliphatic rings. The average Bonchev–Trinajstić information content (AvgIpc) is 2.54. The van der Waals surface area contributed by atoms with Crippen LogP contribution in [0, 0.1) is 0 Å². The minimum absolute atomic E-state index is 0.273. The summed E-state index contributed by atoms with van der Waals surface area (Å²) in [5, 5.41) is 0. The molecule has 2 bridgehead atoms. The largest absolute Gasteiger partial charge is 0.399 e. The van der Waals surface area contributed by atoms with E-state index in [0.717, 1.165) is 11.4 Å². The van der Waals surface area contributed by atoms with E-state index < -0.39 is 0 Å². The Morgan fingerprint density at radius 1 is 0.500 bits per heavy atom. The fourth-order valence-electron chi connectivity index (χ4n) is 4.25. The first-order valence-corrected chi connectivity index (χ1v) is 7.61. The van der Waals surface area contributed by atoms with Gasteiger partial charge in [0.15, 0.2) is 0 Å². The Hall–Kier alpha value is -2.74. The zero-order valence-corrected chi connectivity index (χ0v) is 12.1. The lowest BCUT2D eigenvalue weighted by Crippen LogP contribution is -2.27. The van der Waals surface area contributed by atoms with Crippen molar-refractivity contribution in [1.82, 2.24) is 0 Å². The molecule has 0 heterocycles. The van der Waals surface area contributed by atoms with Crippen LogP contribution in [0.2, 0.25) is 0 Å². The molecule has 0 spiro atoms. The number of hydrogen-bond acceptors (Lipinski definition) is 2. The van der Waals surface area contributed by atoms with Gasteiger partial charge in [-0.1, -0.05) is 36.4 Å². The molecule has 0 saturated heterocycles. The molecule has 3 aliphatic carbocycles. The van der Waals surface area contributed by atoms with Crippen molar-refractivity contribution in [3.05, 3.63) is 94.0 Å². The maximum Gasteiger partial charge on any atom is 0.0350 e. The predicted octanol–water partition coefficient (Wildman–Crippen LogP) is 3.84. The maximum absolute atomic E-state index is 6.06. The van der Waals surface area contributed by atoms with Gasteiger partial charge in [0.05, 0.1) is 0 Å². The molecule has 22 heavy (non-hydrogen) atoms. The third-order valence-electron chi connectivity index (χ3n) is 5.08. The SMILES string of the molecule is Nc1ccc2c(c1)C1c3ccccc3C2c2cc(N)ccc21. The van der Waals surface area contributed by atoms with Gasteiger partial charge in [-0.25, -0.2) is 0 Å². The normalized spacial score (nSPS) is 20.2. The van der Waals surface area contributed by atoms with E-state index in [9.17, 15) is 0 Å². The molecule has 0 aromatic heterocycles. The summed E-state index contributed by atoms with van der Waals surface area (Å²) in [4.78, 5) is 0. The number of hydrogen-bond donors (Lipinski definition) is 2. The van der Waals surface area contributed by atoms with Gasteiger partial charge in [0.2, 0.25) is 0 Å². The second kappa shape index (κ2) is 3.92. The summed E-state index contributed by atoms with van der Waals surface area (Å²) in [5.74, 6) is 0.547. The van der Waals surface area contributed by atoms with E-state index in [2.05, 4.69) is 48.5 Å². The molecule has 3 aromatic carbocycles. The molecular formula is C20H16N2. The van der Waals surface area contributed by atoms with Crippen LogP contribution >= 0.6 is 0 Å². The predicted molar refractivity (Wildman–Crippen MR) is 90.0 cm³/mol. The van der Waals surface area contributed by atoms with E-state index in [4.69, 9.17) is 11.5 Å². The summed E-state index contributed by atoms with van der Waals surface area (Å²) in [5.41, 5.74) is 22.0. The van der Waals surface area contributed by atoms with Gasteiger partial charge < -0.3 is 11.5 Å². The van der Waals surface area contributed by atoms with Crippen LogP contribution in [0.25, 0.3) is 0 Å².